The smallest absolute Gasteiger partial charge is 0.283 e. The van der Waals surface area contributed by atoms with Crippen LogP contribution in [-0.4, -0.2) is 28.4 Å². The minimum atomic E-state index is -0.503. The van der Waals surface area contributed by atoms with Crippen LogP contribution in [0, 0.1) is 11.2 Å². The molecule has 9 heteroatoms. The Bertz CT molecular complexity index is 1470. The van der Waals surface area contributed by atoms with E-state index in [2.05, 4.69) is 4.99 Å². The van der Waals surface area contributed by atoms with Crippen molar-refractivity contribution in [1.82, 2.24) is 4.90 Å². The number of carbonyl (C=O) groups is 1. The fraction of sp³-hybridized carbons (Fsp3) is 0.107. The third-order valence-electron chi connectivity index (χ3n) is 5.62. The number of amidine groups is 2. The normalized spacial score (nSPS) is 16.0. The van der Waals surface area contributed by atoms with E-state index >= 15 is 0 Å². The lowest BCUT2D eigenvalue weighted by molar-refractivity contribution is -0.114. The average Bonchev–Trinajstić information content (AvgIpc) is 3.32. The van der Waals surface area contributed by atoms with Gasteiger partial charge in [0.15, 0.2) is 16.7 Å². The molecule has 1 amide bonds. The van der Waals surface area contributed by atoms with Crippen LogP contribution in [0.2, 0.25) is 5.02 Å². The molecular formula is C28H21ClFN3O3S. The number of carbonyl (C=O) groups excluding carboxylic acids is 1. The van der Waals surface area contributed by atoms with Crippen molar-refractivity contribution in [3.05, 3.63) is 105 Å². The summed E-state index contributed by atoms with van der Waals surface area (Å²) in [6, 6.07) is 19.0. The molecule has 0 saturated heterocycles. The molecule has 0 atom stereocenters. The Hall–Kier alpha value is -3.88. The Morgan fingerprint density at radius 1 is 1.11 bits per heavy atom. The van der Waals surface area contributed by atoms with Crippen molar-refractivity contribution in [2.45, 2.75) is 13.5 Å². The number of amides is 1. The molecule has 0 fully saturated rings. The van der Waals surface area contributed by atoms with Gasteiger partial charge >= 0.3 is 0 Å². The minimum Gasteiger partial charge on any atom is -0.490 e. The highest BCUT2D eigenvalue weighted by Gasteiger charge is 2.36. The minimum absolute atomic E-state index is 0.0285. The van der Waals surface area contributed by atoms with Gasteiger partial charge in [0.25, 0.3) is 5.91 Å². The van der Waals surface area contributed by atoms with Crippen LogP contribution in [0.4, 0.5) is 4.39 Å². The third-order valence-corrected chi connectivity index (χ3v) is 6.73. The largest absolute Gasteiger partial charge is 0.490 e. The average molecular weight is 534 g/mol. The maximum atomic E-state index is 13.2. The van der Waals surface area contributed by atoms with Gasteiger partial charge in [-0.1, -0.05) is 65.8 Å². The van der Waals surface area contributed by atoms with Gasteiger partial charge in [-0.05, 0) is 54.0 Å². The van der Waals surface area contributed by atoms with Gasteiger partial charge in [-0.15, -0.1) is 0 Å². The maximum Gasteiger partial charge on any atom is 0.283 e. The molecule has 3 aromatic carbocycles. The van der Waals surface area contributed by atoms with Crippen LogP contribution in [0.1, 0.15) is 23.6 Å². The highest BCUT2D eigenvalue weighted by atomic mass is 35.5. The molecule has 2 heterocycles. The molecule has 0 saturated carbocycles. The summed E-state index contributed by atoms with van der Waals surface area (Å²) in [5.41, 5.74) is 3.16. The van der Waals surface area contributed by atoms with Crippen molar-refractivity contribution in [3.63, 3.8) is 0 Å². The van der Waals surface area contributed by atoms with Gasteiger partial charge in [-0.3, -0.25) is 15.1 Å². The van der Waals surface area contributed by atoms with Crippen molar-refractivity contribution >= 4 is 52.0 Å². The second kappa shape index (κ2) is 10.6. The zero-order valence-electron chi connectivity index (χ0n) is 19.7. The predicted molar refractivity (Wildman–Crippen MR) is 145 cm³/mol. The van der Waals surface area contributed by atoms with Gasteiger partial charge < -0.3 is 9.47 Å². The maximum absolute atomic E-state index is 13.2. The van der Waals surface area contributed by atoms with E-state index < -0.39 is 5.91 Å². The lowest BCUT2D eigenvalue weighted by Crippen LogP contribution is -2.38. The SMILES string of the molecule is CCOc1cc(/C=C2/C(=N)N3C(c4ccccc4)=CSC3=NC2=O)cc(Cl)c1OCc1ccc(F)cc1. The van der Waals surface area contributed by atoms with Crippen LogP contribution < -0.4 is 9.47 Å². The molecule has 0 bridgehead atoms. The second-order valence-electron chi connectivity index (χ2n) is 8.11. The Morgan fingerprint density at radius 3 is 2.59 bits per heavy atom. The molecule has 2 aliphatic rings. The molecule has 3 aromatic rings. The number of halogens is 2. The molecule has 0 radical (unpaired) electrons. The molecule has 37 heavy (non-hydrogen) atoms. The summed E-state index contributed by atoms with van der Waals surface area (Å²) < 4.78 is 24.9. The number of aliphatic imine (C=N–C) groups is 1. The predicted octanol–water partition coefficient (Wildman–Crippen LogP) is 6.76. The van der Waals surface area contributed by atoms with E-state index in [1.165, 1.54) is 23.9 Å². The Labute approximate surface area is 222 Å². The van der Waals surface area contributed by atoms with Crippen LogP contribution in [0.25, 0.3) is 11.8 Å². The number of ether oxygens (including phenoxy) is 2. The molecule has 0 aliphatic carbocycles. The van der Waals surface area contributed by atoms with Gasteiger partial charge in [0.05, 0.1) is 22.9 Å². The monoisotopic (exact) mass is 533 g/mol. The van der Waals surface area contributed by atoms with E-state index in [0.717, 1.165) is 16.8 Å². The quantitative estimate of drug-likeness (QED) is 0.339. The van der Waals surface area contributed by atoms with Crippen molar-refractivity contribution in [1.29, 1.82) is 5.41 Å². The summed E-state index contributed by atoms with van der Waals surface area (Å²) >= 11 is 7.87. The van der Waals surface area contributed by atoms with Crippen LogP contribution in [0.3, 0.4) is 0 Å². The number of hydrogen-bond acceptors (Lipinski definition) is 5. The van der Waals surface area contributed by atoms with Crippen molar-refractivity contribution in [3.8, 4) is 11.5 Å². The van der Waals surface area contributed by atoms with E-state index in [9.17, 15) is 9.18 Å². The first kappa shape index (κ1) is 24.8. The van der Waals surface area contributed by atoms with E-state index in [-0.39, 0.29) is 28.9 Å². The molecule has 0 spiro atoms. The van der Waals surface area contributed by atoms with Gasteiger partial charge in [0.2, 0.25) is 0 Å². The van der Waals surface area contributed by atoms with Gasteiger partial charge in [-0.2, -0.15) is 4.99 Å². The Morgan fingerprint density at radius 2 is 1.86 bits per heavy atom. The molecule has 0 aromatic heterocycles. The van der Waals surface area contributed by atoms with Crippen LogP contribution in [0.15, 0.2) is 82.7 Å². The molecule has 5 rings (SSSR count). The highest BCUT2D eigenvalue weighted by molar-refractivity contribution is 8.17. The number of nitrogens with zero attached hydrogens (tertiary/aromatic N) is 2. The number of nitrogens with one attached hydrogen (secondary N) is 1. The summed E-state index contributed by atoms with van der Waals surface area (Å²) in [5.74, 6) is -0.0690. The molecule has 2 aliphatic heterocycles. The van der Waals surface area contributed by atoms with Gasteiger partial charge in [0, 0.05) is 5.41 Å². The number of fused-ring (bicyclic) bond motifs is 1. The lowest BCUT2D eigenvalue weighted by atomic mass is 10.1. The number of thioether (sulfide) groups is 1. The molecule has 0 unspecified atom stereocenters. The number of rotatable bonds is 7. The van der Waals surface area contributed by atoms with E-state index in [1.807, 2.05) is 42.7 Å². The van der Waals surface area contributed by atoms with Gasteiger partial charge in [0.1, 0.15) is 18.3 Å². The topological polar surface area (TPSA) is 75.0 Å². The van der Waals surface area contributed by atoms with Crippen LogP contribution >= 0.6 is 23.4 Å². The summed E-state index contributed by atoms with van der Waals surface area (Å²) in [6.45, 7) is 2.37. The molecule has 1 N–H and O–H groups in total. The fourth-order valence-electron chi connectivity index (χ4n) is 3.89. The number of benzene rings is 3. The first-order valence-electron chi connectivity index (χ1n) is 11.4. The van der Waals surface area contributed by atoms with Crippen molar-refractivity contribution in [2.24, 2.45) is 4.99 Å². The lowest BCUT2D eigenvalue weighted by Gasteiger charge is -2.27. The van der Waals surface area contributed by atoms with Crippen molar-refractivity contribution in [2.75, 3.05) is 6.61 Å². The van der Waals surface area contributed by atoms with E-state index in [4.69, 9.17) is 26.5 Å². The van der Waals surface area contributed by atoms with Crippen molar-refractivity contribution < 1.29 is 18.7 Å². The first-order valence-corrected chi connectivity index (χ1v) is 12.7. The Balaban J connectivity index is 1.45. The summed E-state index contributed by atoms with van der Waals surface area (Å²) in [6.07, 6.45) is 1.58. The highest BCUT2D eigenvalue weighted by Crippen LogP contribution is 2.40. The second-order valence-corrected chi connectivity index (χ2v) is 9.35. The summed E-state index contributed by atoms with van der Waals surface area (Å²) in [4.78, 5) is 18.7. The Kier molecular flexibility index (Phi) is 7.12. The standard InChI is InChI=1S/C28H21ClFN3O3S/c1-2-35-24-14-18(13-22(29)25(24)36-15-17-8-10-20(30)11-9-17)12-21-26(31)33-23(19-6-4-3-5-7-19)16-37-28(33)32-27(21)34/h3-14,16,31H,2,15H2,1H3/b21-12-,31-26?. The van der Waals surface area contributed by atoms with E-state index in [1.54, 1.807) is 35.2 Å². The zero-order chi connectivity index (χ0) is 25.9. The van der Waals surface area contributed by atoms with E-state index in [0.29, 0.717) is 28.8 Å². The van der Waals surface area contributed by atoms with Gasteiger partial charge in [-0.25, -0.2) is 4.39 Å². The third kappa shape index (κ3) is 5.16. The molecule has 186 valence electrons. The molecule has 6 nitrogen and oxygen atoms in total. The number of hydrogen-bond donors (Lipinski definition) is 1. The van der Waals surface area contributed by atoms with Crippen LogP contribution in [0.5, 0.6) is 11.5 Å². The summed E-state index contributed by atoms with van der Waals surface area (Å²) in [7, 11) is 0. The molecular weight excluding hydrogens is 513 g/mol. The van der Waals surface area contributed by atoms with Crippen LogP contribution in [-0.2, 0) is 11.4 Å². The summed E-state index contributed by atoms with van der Waals surface area (Å²) in [5, 5.41) is 11.4. The zero-order valence-corrected chi connectivity index (χ0v) is 21.3. The fourth-order valence-corrected chi connectivity index (χ4v) is 5.05. The first-order chi connectivity index (χ1) is 17.9.